The molecule has 0 fully saturated rings. The Hall–Kier alpha value is -2.29. The number of nitrogens with zero attached hydrogens (tertiary/aromatic N) is 1. The number of hydrogen-bond donors (Lipinski definition) is 1. The zero-order valence-electron chi connectivity index (χ0n) is 8.71. The third-order valence-corrected chi connectivity index (χ3v) is 1.93. The molecule has 2 aromatic rings. The summed E-state index contributed by atoms with van der Waals surface area (Å²) in [6, 6.07) is 13.5. The minimum absolute atomic E-state index is 0.811. The summed E-state index contributed by atoms with van der Waals surface area (Å²) in [4.78, 5) is 0. The van der Waals surface area contributed by atoms with E-state index in [9.17, 15) is 0 Å². The molecular weight excluding hydrogens is 200 g/mol. The van der Waals surface area contributed by atoms with E-state index in [1.165, 1.54) is 0 Å². The summed E-state index contributed by atoms with van der Waals surface area (Å²) in [7, 11) is 0. The summed E-state index contributed by atoms with van der Waals surface area (Å²) in [5.74, 6) is 0.811. The van der Waals surface area contributed by atoms with E-state index in [4.69, 9.17) is 4.42 Å². The molecule has 0 aliphatic heterocycles. The lowest BCUT2D eigenvalue weighted by Crippen LogP contribution is -1.86. The van der Waals surface area contributed by atoms with E-state index in [1.54, 1.807) is 12.5 Å². The predicted molar refractivity (Wildman–Crippen MR) is 66.3 cm³/mol. The van der Waals surface area contributed by atoms with Crippen LogP contribution in [-0.2, 0) is 0 Å². The van der Waals surface area contributed by atoms with Crippen LogP contribution in [0, 0.1) is 0 Å². The summed E-state index contributed by atoms with van der Waals surface area (Å²) in [6.45, 7) is 0. The molecule has 1 heterocycles. The maximum atomic E-state index is 5.13. The first-order valence-corrected chi connectivity index (χ1v) is 4.99. The quantitative estimate of drug-likeness (QED) is 0.623. The second kappa shape index (κ2) is 5.56. The van der Waals surface area contributed by atoms with E-state index >= 15 is 0 Å². The van der Waals surface area contributed by atoms with Crippen LogP contribution in [0.5, 0.6) is 0 Å². The standard InChI is InChI=1S/C13H12N2O/c1-2-6-12(7-3-1)15-14-10-4-8-13-9-5-11-16-13/h1-11,15H/b8-4+,14-10+. The van der Waals surface area contributed by atoms with Crippen LogP contribution in [0.4, 0.5) is 5.69 Å². The molecule has 0 bridgehead atoms. The van der Waals surface area contributed by atoms with Crippen molar-refractivity contribution in [3.8, 4) is 0 Å². The third-order valence-electron chi connectivity index (χ3n) is 1.93. The molecule has 0 saturated heterocycles. The van der Waals surface area contributed by atoms with Crippen molar-refractivity contribution in [2.75, 3.05) is 5.43 Å². The molecule has 16 heavy (non-hydrogen) atoms. The fourth-order valence-corrected chi connectivity index (χ4v) is 1.19. The first-order chi connectivity index (χ1) is 7.95. The Morgan fingerprint density at radius 1 is 1.06 bits per heavy atom. The molecule has 1 aromatic carbocycles. The van der Waals surface area contributed by atoms with Crippen LogP contribution in [0.15, 0.2) is 64.3 Å². The van der Waals surface area contributed by atoms with E-state index < -0.39 is 0 Å². The Morgan fingerprint density at radius 2 is 1.94 bits per heavy atom. The van der Waals surface area contributed by atoms with Crippen molar-refractivity contribution < 1.29 is 4.42 Å². The third kappa shape index (κ3) is 3.13. The first kappa shape index (κ1) is 10.2. The average molecular weight is 212 g/mol. The van der Waals surface area contributed by atoms with Crippen molar-refractivity contribution in [3.63, 3.8) is 0 Å². The second-order valence-electron chi connectivity index (χ2n) is 3.13. The average Bonchev–Trinajstić information content (AvgIpc) is 2.83. The van der Waals surface area contributed by atoms with Gasteiger partial charge in [0.1, 0.15) is 5.76 Å². The molecule has 0 aliphatic carbocycles. The zero-order chi connectivity index (χ0) is 11.1. The SMILES string of the molecule is C(=C\c1ccco1)/C=N/Nc1ccccc1. The number of hydrazone groups is 1. The maximum absolute atomic E-state index is 5.13. The molecule has 0 amide bonds. The molecule has 0 radical (unpaired) electrons. The van der Waals surface area contributed by atoms with Crippen molar-refractivity contribution >= 4 is 18.0 Å². The van der Waals surface area contributed by atoms with Crippen LogP contribution in [0.2, 0.25) is 0 Å². The Balaban J connectivity index is 1.83. The van der Waals surface area contributed by atoms with Gasteiger partial charge in [0.15, 0.2) is 0 Å². The van der Waals surface area contributed by atoms with Gasteiger partial charge in [-0.2, -0.15) is 5.10 Å². The van der Waals surface area contributed by atoms with Gasteiger partial charge in [-0.15, -0.1) is 0 Å². The summed E-state index contributed by atoms with van der Waals surface area (Å²) in [5, 5.41) is 4.04. The maximum Gasteiger partial charge on any atom is 0.126 e. The Labute approximate surface area is 94.1 Å². The lowest BCUT2D eigenvalue weighted by Gasteiger charge is -1.96. The van der Waals surface area contributed by atoms with Gasteiger partial charge in [0, 0.05) is 6.21 Å². The summed E-state index contributed by atoms with van der Waals surface area (Å²) >= 11 is 0. The van der Waals surface area contributed by atoms with Gasteiger partial charge in [0.25, 0.3) is 0 Å². The van der Waals surface area contributed by atoms with Gasteiger partial charge in [-0.25, -0.2) is 0 Å². The second-order valence-corrected chi connectivity index (χ2v) is 3.13. The zero-order valence-corrected chi connectivity index (χ0v) is 8.71. The van der Waals surface area contributed by atoms with E-state index in [0.717, 1.165) is 11.4 Å². The van der Waals surface area contributed by atoms with Gasteiger partial charge in [0.2, 0.25) is 0 Å². The lowest BCUT2D eigenvalue weighted by atomic mass is 10.3. The number of hydrogen-bond acceptors (Lipinski definition) is 3. The molecule has 0 aliphatic rings. The van der Waals surface area contributed by atoms with Gasteiger partial charge in [-0.1, -0.05) is 18.2 Å². The summed E-state index contributed by atoms with van der Waals surface area (Å²) in [6.07, 6.45) is 6.97. The Morgan fingerprint density at radius 3 is 2.69 bits per heavy atom. The number of para-hydroxylation sites is 1. The molecule has 0 saturated carbocycles. The summed E-state index contributed by atoms with van der Waals surface area (Å²) < 4.78 is 5.13. The van der Waals surface area contributed by atoms with Crippen molar-refractivity contribution in [1.82, 2.24) is 0 Å². The summed E-state index contributed by atoms with van der Waals surface area (Å²) in [5.41, 5.74) is 3.88. The van der Waals surface area contributed by atoms with Gasteiger partial charge >= 0.3 is 0 Å². The van der Waals surface area contributed by atoms with E-state index in [2.05, 4.69) is 10.5 Å². The molecule has 1 aromatic heterocycles. The normalized spacial score (nSPS) is 11.2. The minimum Gasteiger partial charge on any atom is -0.465 e. The molecule has 0 atom stereocenters. The number of furan rings is 1. The molecule has 2 rings (SSSR count). The highest BCUT2D eigenvalue weighted by atomic mass is 16.3. The van der Waals surface area contributed by atoms with Gasteiger partial charge < -0.3 is 4.42 Å². The Bertz CT molecular complexity index is 458. The number of benzene rings is 1. The molecule has 3 nitrogen and oxygen atoms in total. The molecule has 0 unspecified atom stereocenters. The highest BCUT2D eigenvalue weighted by molar-refractivity contribution is 5.78. The predicted octanol–water partition coefficient (Wildman–Crippen LogP) is 3.39. The monoisotopic (exact) mass is 212 g/mol. The van der Waals surface area contributed by atoms with Crippen LogP contribution in [0.25, 0.3) is 6.08 Å². The molecular formula is C13H12N2O. The first-order valence-electron chi connectivity index (χ1n) is 4.99. The molecule has 0 spiro atoms. The number of anilines is 1. The fourth-order valence-electron chi connectivity index (χ4n) is 1.19. The number of allylic oxidation sites excluding steroid dienone is 1. The van der Waals surface area contributed by atoms with Crippen molar-refractivity contribution in [3.05, 3.63) is 60.6 Å². The van der Waals surface area contributed by atoms with E-state index in [0.29, 0.717) is 0 Å². The molecule has 1 N–H and O–H groups in total. The van der Waals surface area contributed by atoms with Gasteiger partial charge in [-0.3, -0.25) is 5.43 Å². The number of nitrogens with one attached hydrogen (secondary N) is 1. The highest BCUT2D eigenvalue weighted by Crippen LogP contribution is 2.04. The van der Waals surface area contributed by atoms with Crippen LogP contribution in [-0.4, -0.2) is 6.21 Å². The smallest absolute Gasteiger partial charge is 0.126 e. The van der Waals surface area contributed by atoms with E-state index in [1.807, 2.05) is 54.6 Å². The van der Waals surface area contributed by atoms with Crippen LogP contribution in [0.3, 0.4) is 0 Å². The largest absolute Gasteiger partial charge is 0.465 e. The topological polar surface area (TPSA) is 37.5 Å². The molecule has 3 heteroatoms. The molecule has 80 valence electrons. The van der Waals surface area contributed by atoms with Crippen molar-refractivity contribution in [2.24, 2.45) is 5.10 Å². The van der Waals surface area contributed by atoms with E-state index in [-0.39, 0.29) is 0 Å². The highest BCUT2D eigenvalue weighted by Gasteiger charge is 1.85. The fraction of sp³-hybridized carbons (Fsp3) is 0. The Kier molecular flexibility index (Phi) is 3.55. The number of rotatable bonds is 4. The lowest BCUT2D eigenvalue weighted by molar-refractivity contribution is 0.557. The van der Waals surface area contributed by atoms with Gasteiger partial charge in [-0.05, 0) is 36.4 Å². The minimum atomic E-state index is 0.811. The van der Waals surface area contributed by atoms with Gasteiger partial charge in [0.05, 0.1) is 12.0 Å². The van der Waals surface area contributed by atoms with Crippen LogP contribution >= 0.6 is 0 Å². The van der Waals surface area contributed by atoms with Crippen LogP contribution in [0.1, 0.15) is 5.76 Å². The van der Waals surface area contributed by atoms with Crippen LogP contribution < -0.4 is 5.43 Å². The van der Waals surface area contributed by atoms with Crippen molar-refractivity contribution in [2.45, 2.75) is 0 Å². The van der Waals surface area contributed by atoms with Crippen molar-refractivity contribution in [1.29, 1.82) is 0 Å².